The van der Waals surface area contributed by atoms with Crippen LogP contribution in [0.15, 0.2) is 18.2 Å². The van der Waals surface area contributed by atoms with Gasteiger partial charge in [0.05, 0.1) is 11.4 Å². The first-order valence-corrected chi connectivity index (χ1v) is 7.91. The summed E-state index contributed by atoms with van der Waals surface area (Å²) in [6.07, 6.45) is 0. The molecule has 2 amide bonds. The van der Waals surface area contributed by atoms with Gasteiger partial charge in [0.2, 0.25) is 23.7 Å². The normalized spacial score (nSPS) is 19.8. The van der Waals surface area contributed by atoms with Crippen LogP contribution in [0.25, 0.3) is 0 Å². The minimum Gasteiger partial charge on any atom is -0.344 e. The number of alkyl halides is 2. The second-order valence-corrected chi connectivity index (χ2v) is 6.20. The Morgan fingerprint density at radius 1 is 1.33 bits per heavy atom. The quantitative estimate of drug-likeness (QED) is 0.496. The lowest BCUT2D eigenvalue weighted by atomic mass is 9.91. The third-order valence-electron chi connectivity index (χ3n) is 4.38. The Morgan fingerprint density at radius 2 is 2.04 bits per heavy atom. The standard InChI is InChI=1S/C16H15F4N5O2/c1-7-5-10(23-25(7)16(19)20)8-6-24(2)15(27)12(8)14(26)21-9-3-4-11(17)22-13(9)18/h3-5,8,12,16H,6H2,1-2H3,(H,21,26). The Morgan fingerprint density at radius 3 is 2.63 bits per heavy atom. The number of rotatable bonds is 4. The van der Waals surface area contributed by atoms with Crippen molar-refractivity contribution < 1.29 is 27.2 Å². The van der Waals surface area contributed by atoms with Crippen molar-refractivity contribution in [2.24, 2.45) is 5.92 Å². The first-order valence-electron chi connectivity index (χ1n) is 7.91. The van der Waals surface area contributed by atoms with Gasteiger partial charge in [0, 0.05) is 25.2 Å². The number of anilines is 1. The molecule has 0 spiro atoms. The highest BCUT2D eigenvalue weighted by Crippen LogP contribution is 2.34. The molecule has 1 fully saturated rings. The molecule has 11 heteroatoms. The Balaban J connectivity index is 1.90. The summed E-state index contributed by atoms with van der Waals surface area (Å²) in [7, 11) is 1.46. The molecule has 0 aromatic carbocycles. The fourth-order valence-electron chi connectivity index (χ4n) is 3.07. The summed E-state index contributed by atoms with van der Waals surface area (Å²) in [5.74, 6) is -5.80. The third kappa shape index (κ3) is 3.49. The smallest absolute Gasteiger partial charge is 0.333 e. The molecule has 27 heavy (non-hydrogen) atoms. The van der Waals surface area contributed by atoms with Crippen LogP contribution in [0.2, 0.25) is 0 Å². The number of halogens is 4. The van der Waals surface area contributed by atoms with Gasteiger partial charge in [-0.2, -0.15) is 27.6 Å². The number of aryl methyl sites for hydroxylation is 1. The van der Waals surface area contributed by atoms with E-state index in [1.807, 2.05) is 0 Å². The highest BCUT2D eigenvalue weighted by molar-refractivity contribution is 6.08. The number of nitrogens with one attached hydrogen (secondary N) is 1. The average molecular weight is 385 g/mol. The van der Waals surface area contributed by atoms with Crippen LogP contribution in [-0.2, 0) is 9.59 Å². The predicted octanol–water partition coefficient (Wildman–Crippen LogP) is 2.07. The van der Waals surface area contributed by atoms with Crippen molar-refractivity contribution in [2.75, 3.05) is 18.9 Å². The molecule has 0 saturated carbocycles. The molecule has 0 aliphatic carbocycles. The van der Waals surface area contributed by atoms with Gasteiger partial charge >= 0.3 is 6.55 Å². The third-order valence-corrected chi connectivity index (χ3v) is 4.38. The van der Waals surface area contributed by atoms with Crippen molar-refractivity contribution in [1.82, 2.24) is 19.7 Å². The molecular weight excluding hydrogens is 370 g/mol. The van der Waals surface area contributed by atoms with Crippen LogP contribution in [-0.4, -0.2) is 45.1 Å². The van der Waals surface area contributed by atoms with Crippen molar-refractivity contribution in [2.45, 2.75) is 19.4 Å². The lowest BCUT2D eigenvalue weighted by Gasteiger charge is -2.15. The van der Waals surface area contributed by atoms with E-state index in [9.17, 15) is 27.2 Å². The fraction of sp³-hybridized carbons (Fsp3) is 0.375. The molecule has 3 rings (SSSR count). The Hall–Kier alpha value is -2.98. The summed E-state index contributed by atoms with van der Waals surface area (Å²) in [6, 6.07) is 3.21. The zero-order valence-corrected chi connectivity index (χ0v) is 14.3. The molecule has 144 valence electrons. The lowest BCUT2D eigenvalue weighted by Crippen LogP contribution is -2.33. The summed E-state index contributed by atoms with van der Waals surface area (Å²) < 4.78 is 53.0. The predicted molar refractivity (Wildman–Crippen MR) is 84.9 cm³/mol. The van der Waals surface area contributed by atoms with E-state index >= 15 is 0 Å². The topological polar surface area (TPSA) is 80.1 Å². The van der Waals surface area contributed by atoms with Gasteiger partial charge in [0.1, 0.15) is 5.92 Å². The number of pyridine rings is 1. The van der Waals surface area contributed by atoms with E-state index in [2.05, 4.69) is 15.4 Å². The summed E-state index contributed by atoms with van der Waals surface area (Å²) >= 11 is 0. The number of nitrogens with zero attached hydrogens (tertiary/aromatic N) is 4. The maximum Gasteiger partial charge on any atom is 0.333 e. The minimum atomic E-state index is -2.86. The van der Waals surface area contributed by atoms with E-state index in [0.29, 0.717) is 4.68 Å². The van der Waals surface area contributed by atoms with E-state index in [0.717, 1.165) is 12.1 Å². The van der Waals surface area contributed by atoms with E-state index in [1.54, 1.807) is 0 Å². The van der Waals surface area contributed by atoms with Crippen LogP contribution in [0.4, 0.5) is 23.2 Å². The fourth-order valence-corrected chi connectivity index (χ4v) is 3.07. The zero-order valence-electron chi connectivity index (χ0n) is 14.3. The largest absolute Gasteiger partial charge is 0.344 e. The molecule has 3 heterocycles. The molecule has 1 saturated heterocycles. The maximum atomic E-state index is 13.7. The van der Waals surface area contributed by atoms with Crippen LogP contribution in [0.3, 0.4) is 0 Å². The second kappa shape index (κ2) is 6.97. The van der Waals surface area contributed by atoms with Crippen LogP contribution < -0.4 is 5.32 Å². The monoisotopic (exact) mass is 385 g/mol. The SMILES string of the molecule is Cc1cc(C2CN(C)C(=O)C2C(=O)Nc2ccc(F)nc2F)nn1C(F)F. The summed E-state index contributed by atoms with van der Waals surface area (Å²) in [6.45, 7) is -1.35. The minimum absolute atomic E-state index is 0.0841. The van der Waals surface area contributed by atoms with Gasteiger partial charge in [-0.15, -0.1) is 0 Å². The van der Waals surface area contributed by atoms with Crippen molar-refractivity contribution >= 4 is 17.5 Å². The number of carbonyl (C=O) groups excluding carboxylic acids is 2. The van der Waals surface area contributed by atoms with Crippen LogP contribution in [0.5, 0.6) is 0 Å². The van der Waals surface area contributed by atoms with Gasteiger partial charge in [0.25, 0.3) is 0 Å². The van der Waals surface area contributed by atoms with Gasteiger partial charge in [0.15, 0.2) is 0 Å². The van der Waals surface area contributed by atoms with Gasteiger partial charge in [-0.3, -0.25) is 9.59 Å². The van der Waals surface area contributed by atoms with Gasteiger partial charge in [-0.05, 0) is 25.1 Å². The van der Waals surface area contributed by atoms with E-state index < -0.39 is 47.8 Å². The lowest BCUT2D eigenvalue weighted by molar-refractivity contribution is -0.135. The maximum absolute atomic E-state index is 13.7. The molecule has 2 atom stereocenters. The van der Waals surface area contributed by atoms with Gasteiger partial charge in [-0.1, -0.05) is 0 Å². The van der Waals surface area contributed by atoms with Crippen LogP contribution in [0, 0.1) is 24.7 Å². The zero-order chi connectivity index (χ0) is 19.9. The summed E-state index contributed by atoms with van der Waals surface area (Å²) in [5.41, 5.74) is -0.0601. The number of hydrogen-bond donors (Lipinski definition) is 1. The van der Waals surface area contributed by atoms with Crippen molar-refractivity contribution in [3.63, 3.8) is 0 Å². The molecule has 2 aromatic heterocycles. The molecule has 1 aliphatic rings. The highest BCUT2D eigenvalue weighted by atomic mass is 19.3. The molecule has 2 unspecified atom stereocenters. The van der Waals surface area contributed by atoms with Crippen LogP contribution >= 0.6 is 0 Å². The van der Waals surface area contributed by atoms with Gasteiger partial charge in [-0.25, -0.2) is 4.68 Å². The molecule has 0 bridgehead atoms. The highest BCUT2D eigenvalue weighted by Gasteiger charge is 2.45. The molecule has 1 aliphatic heterocycles. The van der Waals surface area contributed by atoms with Gasteiger partial charge < -0.3 is 10.2 Å². The Kier molecular flexibility index (Phi) is 4.85. The summed E-state index contributed by atoms with van der Waals surface area (Å²) in [5, 5.41) is 6.00. The van der Waals surface area contributed by atoms with E-state index in [4.69, 9.17) is 0 Å². The van der Waals surface area contributed by atoms with Crippen molar-refractivity contribution in [3.05, 3.63) is 41.5 Å². The first kappa shape index (κ1) is 18.8. The molecule has 2 aromatic rings. The van der Waals surface area contributed by atoms with Crippen molar-refractivity contribution in [1.29, 1.82) is 0 Å². The first-order chi connectivity index (χ1) is 12.7. The number of hydrogen-bond acceptors (Lipinski definition) is 4. The number of likely N-dealkylation sites (tertiary alicyclic amines) is 1. The molecule has 1 N–H and O–H groups in total. The number of likely N-dealkylation sites (N-methyl/N-ethyl adjacent to an activating group) is 1. The Labute approximate surface area is 151 Å². The molecule has 0 radical (unpaired) electrons. The van der Waals surface area contributed by atoms with Crippen LogP contribution in [0.1, 0.15) is 23.9 Å². The van der Waals surface area contributed by atoms with Crippen molar-refractivity contribution in [3.8, 4) is 0 Å². The molecule has 7 nitrogen and oxygen atoms in total. The Bertz CT molecular complexity index is 901. The number of aromatic nitrogens is 3. The number of amides is 2. The molecular formula is C16H15F4N5O2. The van der Waals surface area contributed by atoms with E-state index in [-0.39, 0.29) is 17.9 Å². The van der Waals surface area contributed by atoms with E-state index in [1.165, 1.54) is 24.9 Å². The number of carbonyl (C=O) groups is 2. The average Bonchev–Trinajstić information content (AvgIpc) is 3.11. The summed E-state index contributed by atoms with van der Waals surface area (Å²) in [4.78, 5) is 29.2. The second-order valence-electron chi connectivity index (χ2n) is 6.20.